The smallest absolute Gasteiger partial charge is 0.254 e. The maximum atomic E-state index is 17.0. The van der Waals surface area contributed by atoms with E-state index < -0.39 is 17.8 Å². The van der Waals surface area contributed by atoms with Crippen LogP contribution in [-0.4, -0.2) is 189 Å². The van der Waals surface area contributed by atoms with Gasteiger partial charge in [0.05, 0.1) is 87.1 Å². The van der Waals surface area contributed by atoms with Crippen LogP contribution in [0.15, 0.2) is 76.8 Å². The second-order valence-electron chi connectivity index (χ2n) is 22.2. The standard InChI is InChI=1S/C64H78ClFN10O12S/c1-39(2)56(63(81)76-18-10-13-51(76)62(80)69-40(3)46-15-14-44(34-52(46)82-7)60-41(4)68-38-89-60)53-37-54(72-88-53)87-32-31-86-30-29-85-28-27-84-26-25-83-24-23-73(6)55(79)16-17-67-64-70-59-49(61(71-64)75-21-19-74(20-22-75)42(5)77)36-50(65)57(58(59)66)48-35-45(78)33-43-11-8-9-12-47(43)48/h8-9,11-12,14-15,33-40,51,56,78H,10,13,16-32H2,1-7H3,(H,69,80)(H,67,70,71)/t40-,51-,56-/m0/s1. The number of benzene rings is 4. The van der Waals surface area contributed by atoms with Crippen molar-refractivity contribution in [3.8, 4) is 38.9 Å². The summed E-state index contributed by atoms with van der Waals surface area (Å²) >= 11 is 8.44. The minimum atomic E-state index is -0.684. The summed E-state index contributed by atoms with van der Waals surface area (Å²) in [6.45, 7) is 14.8. The van der Waals surface area contributed by atoms with Gasteiger partial charge < -0.3 is 68.3 Å². The fourth-order valence-corrected chi connectivity index (χ4v) is 12.2. The van der Waals surface area contributed by atoms with Crippen molar-refractivity contribution in [3.63, 3.8) is 0 Å². The molecule has 0 radical (unpaired) electrons. The van der Waals surface area contributed by atoms with Gasteiger partial charge in [0.1, 0.15) is 41.4 Å². The molecule has 3 aromatic heterocycles. The largest absolute Gasteiger partial charge is 0.508 e. The molecule has 0 unspecified atom stereocenters. The lowest BCUT2D eigenvalue weighted by molar-refractivity contribution is -0.141. The fraction of sp³-hybridized carbons (Fsp3) is 0.469. The van der Waals surface area contributed by atoms with Crippen molar-refractivity contribution in [3.05, 3.63) is 100 Å². The Bertz CT molecular complexity index is 3580. The molecule has 5 heterocycles. The molecule has 2 fully saturated rings. The van der Waals surface area contributed by atoms with Crippen molar-refractivity contribution in [1.29, 1.82) is 0 Å². The second-order valence-corrected chi connectivity index (χ2v) is 23.5. The number of halogens is 2. The molecule has 2 aliphatic rings. The quantitative estimate of drug-likeness (QED) is 0.0355. The number of fused-ring (bicyclic) bond motifs is 2. The van der Waals surface area contributed by atoms with Crippen LogP contribution in [0, 0.1) is 18.7 Å². The van der Waals surface area contributed by atoms with E-state index in [1.807, 2.05) is 80.6 Å². The average Bonchev–Trinajstić information content (AvgIpc) is 1.49. The Hall–Kier alpha value is -7.74. The number of rotatable bonds is 30. The van der Waals surface area contributed by atoms with E-state index in [4.69, 9.17) is 49.5 Å². The van der Waals surface area contributed by atoms with Crippen molar-refractivity contribution in [2.45, 2.75) is 71.9 Å². The normalized spacial score (nSPS) is 15.0. The summed E-state index contributed by atoms with van der Waals surface area (Å²) in [6, 6.07) is 18.6. The third kappa shape index (κ3) is 16.4. The van der Waals surface area contributed by atoms with Gasteiger partial charge in [0.2, 0.25) is 29.6 Å². The number of hydrogen-bond acceptors (Lipinski definition) is 19. The van der Waals surface area contributed by atoms with E-state index in [1.165, 1.54) is 13.0 Å². The minimum Gasteiger partial charge on any atom is -0.508 e. The number of likely N-dealkylation sites (N-methyl/N-ethyl adjacent to an activating group) is 1. The molecule has 89 heavy (non-hydrogen) atoms. The Morgan fingerprint density at radius 3 is 2.27 bits per heavy atom. The van der Waals surface area contributed by atoms with E-state index in [0.717, 1.165) is 21.7 Å². The lowest BCUT2D eigenvalue weighted by atomic mass is 9.91. The third-order valence-corrected chi connectivity index (χ3v) is 17.1. The Balaban J connectivity index is 0.637. The fourth-order valence-electron chi connectivity index (χ4n) is 11.1. The predicted octanol–water partition coefficient (Wildman–Crippen LogP) is 9.06. The summed E-state index contributed by atoms with van der Waals surface area (Å²) in [6.07, 6.45) is 1.33. The molecule has 476 valence electrons. The van der Waals surface area contributed by atoms with E-state index in [2.05, 4.69) is 25.8 Å². The first kappa shape index (κ1) is 65.7. The van der Waals surface area contributed by atoms with Crippen LogP contribution in [0.1, 0.15) is 75.9 Å². The molecule has 3 N–H and O–H groups in total. The highest BCUT2D eigenvalue weighted by atomic mass is 35.5. The van der Waals surface area contributed by atoms with Crippen LogP contribution in [0.3, 0.4) is 0 Å². The summed E-state index contributed by atoms with van der Waals surface area (Å²) in [4.78, 5) is 75.0. The first-order chi connectivity index (χ1) is 43.0. The van der Waals surface area contributed by atoms with Gasteiger partial charge in [-0.1, -0.05) is 61.8 Å². The van der Waals surface area contributed by atoms with Gasteiger partial charge in [0.25, 0.3) is 5.88 Å². The van der Waals surface area contributed by atoms with Crippen LogP contribution >= 0.6 is 22.9 Å². The van der Waals surface area contributed by atoms with E-state index >= 15 is 4.39 Å². The first-order valence-electron chi connectivity index (χ1n) is 30.0. The molecular formula is C64H78ClFN10O12S. The lowest BCUT2D eigenvalue weighted by Gasteiger charge is -2.35. The van der Waals surface area contributed by atoms with Gasteiger partial charge in [-0.25, -0.2) is 14.4 Å². The molecule has 0 spiro atoms. The number of thiazole rings is 1. The van der Waals surface area contributed by atoms with Crippen molar-refractivity contribution < 1.29 is 61.6 Å². The van der Waals surface area contributed by atoms with Gasteiger partial charge in [0, 0.05) is 88.8 Å². The number of likely N-dealkylation sites (tertiary alicyclic amines) is 1. The lowest BCUT2D eigenvalue weighted by Crippen LogP contribution is -2.48. The Morgan fingerprint density at radius 2 is 1.58 bits per heavy atom. The van der Waals surface area contributed by atoms with Crippen LogP contribution in [0.2, 0.25) is 5.02 Å². The first-order valence-corrected chi connectivity index (χ1v) is 31.3. The van der Waals surface area contributed by atoms with E-state index in [1.54, 1.807) is 58.4 Å². The molecule has 0 aliphatic carbocycles. The topological polar surface area (TPSA) is 246 Å². The third-order valence-electron chi connectivity index (χ3n) is 15.9. The van der Waals surface area contributed by atoms with Gasteiger partial charge in [-0.2, -0.15) is 4.98 Å². The maximum absolute atomic E-state index is 17.0. The number of phenolic OH excluding ortho intramolecular Hbond substituents is 1. The van der Waals surface area contributed by atoms with Crippen LogP contribution < -0.4 is 25.0 Å². The number of hydrogen-bond donors (Lipinski definition) is 3. The number of carbonyl (C=O) groups is 4. The number of carbonyl (C=O) groups excluding carboxylic acids is 4. The Morgan fingerprint density at radius 1 is 0.876 bits per heavy atom. The Kier molecular flexibility index (Phi) is 23.0. The number of piperazine rings is 1. The zero-order chi connectivity index (χ0) is 63.1. The number of aromatic hydroxyl groups is 1. The molecule has 3 atom stereocenters. The number of ether oxygens (including phenoxy) is 6. The molecule has 22 nitrogen and oxygen atoms in total. The highest BCUT2D eigenvalue weighted by molar-refractivity contribution is 7.13. The number of nitrogens with one attached hydrogen (secondary N) is 2. The van der Waals surface area contributed by atoms with Crippen molar-refractivity contribution in [1.82, 2.24) is 40.1 Å². The van der Waals surface area contributed by atoms with Gasteiger partial charge in [-0.3, -0.25) is 19.2 Å². The number of methoxy groups -OCH3 is 1. The predicted molar refractivity (Wildman–Crippen MR) is 337 cm³/mol. The zero-order valence-corrected chi connectivity index (χ0v) is 52.9. The number of aryl methyl sites for hydroxylation is 1. The summed E-state index contributed by atoms with van der Waals surface area (Å²) < 4.78 is 56.8. The molecule has 0 saturated carbocycles. The van der Waals surface area contributed by atoms with Gasteiger partial charge in [0.15, 0.2) is 11.6 Å². The van der Waals surface area contributed by atoms with Crippen LogP contribution in [0.25, 0.3) is 43.2 Å². The number of amides is 4. The molecule has 4 amide bonds. The highest BCUT2D eigenvalue weighted by Gasteiger charge is 2.41. The number of aromatic nitrogens is 4. The van der Waals surface area contributed by atoms with E-state index in [0.29, 0.717) is 137 Å². The maximum Gasteiger partial charge on any atom is 0.254 e. The van der Waals surface area contributed by atoms with Crippen molar-refractivity contribution in [2.75, 3.05) is 130 Å². The molecule has 9 rings (SSSR count). The van der Waals surface area contributed by atoms with Gasteiger partial charge in [-0.15, -0.1) is 11.3 Å². The molecule has 0 bridgehead atoms. The molecule has 25 heteroatoms. The van der Waals surface area contributed by atoms with Crippen LogP contribution in [-0.2, 0) is 38.1 Å². The number of phenols is 1. The molecule has 7 aromatic rings. The summed E-state index contributed by atoms with van der Waals surface area (Å²) in [7, 11) is 3.30. The second kappa shape index (κ2) is 31.1. The minimum absolute atomic E-state index is 0.0155. The monoisotopic (exact) mass is 1260 g/mol. The van der Waals surface area contributed by atoms with Crippen molar-refractivity contribution in [2.24, 2.45) is 5.92 Å². The van der Waals surface area contributed by atoms with Crippen molar-refractivity contribution >= 4 is 80.0 Å². The van der Waals surface area contributed by atoms with Crippen LogP contribution in [0.4, 0.5) is 16.2 Å². The van der Waals surface area contributed by atoms with Gasteiger partial charge >= 0.3 is 0 Å². The molecule has 4 aromatic carbocycles. The summed E-state index contributed by atoms with van der Waals surface area (Å²) in [5.74, 6) is -0.362. The summed E-state index contributed by atoms with van der Waals surface area (Å²) in [5, 5.41) is 22.9. The van der Waals surface area contributed by atoms with Crippen LogP contribution in [0.5, 0.6) is 17.4 Å². The summed E-state index contributed by atoms with van der Waals surface area (Å²) in [5.41, 5.74) is 5.09. The average molecular weight is 1270 g/mol. The van der Waals surface area contributed by atoms with E-state index in [-0.39, 0.29) is 95.4 Å². The molecule has 2 saturated heterocycles. The number of anilines is 2. The van der Waals surface area contributed by atoms with Gasteiger partial charge in [-0.05, 0) is 83.9 Å². The zero-order valence-electron chi connectivity index (χ0n) is 51.4. The molecular weight excluding hydrogens is 1190 g/mol. The van der Waals surface area contributed by atoms with E-state index in [9.17, 15) is 24.3 Å². The SMILES string of the molecule is COc1cc(-c2scnc2C)ccc1[C@H](C)NC(=O)[C@@H]1CCCN1C(=O)[C@H](c1cc(OCCOCCOCCOCCOCCN(C)C(=O)CCNc2nc(N3CCN(C(C)=O)CC3)c3cc(Cl)c(-c4cc(O)cc5ccccc45)c(F)c3n2)no1)C(C)C. The number of nitrogens with zero attached hydrogens (tertiary/aromatic N) is 8. The Labute approximate surface area is 525 Å². The highest BCUT2D eigenvalue weighted by Crippen LogP contribution is 2.43. The molecule has 2 aliphatic heterocycles.